The second-order valence-corrected chi connectivity index (χ2v) is 5.86. The average Bonchev–Trinajstić information content (AvgIpc) is 3.19. The van der Waals surface area contributed by atoms with Gasteiger partial charge in [0.2, 0.25) is 0 Å². The highest BCUT2D eigenvalue weighted by Gasteiger charge is 2.24. The molecule has 0 N–H and O–H groups in total. The van der Waals surface area contributed by atoms with Crippen LogP contribution >= 0.6 is 11.3 Å². The minimum absolute atomic E-state index is 0.192. The van der Waals surface area contributed by atoms with Gasteiger partial charge in [0, 0.05) is 23.2 Å². The van der Waals surface area contributed by atoms with Crippen molar-refractivity contribution in [1.29, 1.82) is 0 Å². The van der Waals surface area contributed by atoms with Crippen LogP contribution in [0.1, 0.15) is 10.4 Å². The van der Waals surface area contributed by atoms with E-state index in [0.717, 1.165) is 22.5 Å². The van der Waals surface area contributed by atoms with Crippen LogP contribution in [-0.2, 0) is 20.7 Å². The molecule has 0 atom stereocenters. The third kappa shape index (κ3) is 3.26. The molecule has 1 aromatic heterocycles. The Kier molecular flexibility index (Phi) is 4.34. The predicted molar refractivity (Wildman–Crippen MR) is 86.8 cm³/mol. The molecule has 3 rings (SSSR count). The van der Waals surface area contributed by atoms with Crippen molar-refractivity contribution >= 4 is 35.0 Å². The van der Waals surface area contributed by atoms with E-state index in [-0.39, 0.29) is 12.5 Å². The third-order valence-electron chi connectivity index (χ3n) is 3.45. The van der Waals surface area contributed by atoms with Crippen LogP contribution in [0.25, 0.3) is 6.08 Å². The largest absolute Gasteiger partial charge is 0.452 e. The number of para-hydroxylation sites is 1. The van der Waals surface area contributed by atoms with Crippen LogP contribution in [0.2, 0.25) is 0 Å². The summed E-state index contributed by atoms with van der Waals surface area (Å²) in [5, 5.41) is 1.93. The lowest BCUT2D eigenvalue weighted by Crippen LogP contribution is -2.33. The average molecular weight is 313 g/mol. The van der Waals surface area contributed by atoms with Gasteiger partial charge in [-0.25, -0.2) is 4.79 Å². The highest BCUT2D eigenvalue weighted by Crippen LogP contribution is 2.27. The number of nitrogens with zero attached hydrogens (tertiary/aromatic N) is 1. The van der Waals surface area contributed by atoms with Gasteiger partial charge in [-0.1, -0.05) is 24.3 Å². The molecule has 0 aliphatic carbocycles. The number of carbonyl (C=O) groups excluding carboxylic acids is 2. The van der Waals surface area contributed by atoms with Gasteiger partial charge in [-0.3, -0.25) is 4.79 Å². The topological polar surface area (TPSA) is 46.6 Å². The third-order valence-corrected chi connectivity index (χ3v) is 4.29. The number of fused-ring (bicyclic) bond motifs is 1. The minimum atomic E-state index is -0.505. The van der Waals surface area contributed by atoms with Crippen molar-refractivity contribution in [1.82, 2.24) is 0 Å². The summed E-state index contributed by atoms with van der Waals surface area (Å²) in [5.41, 5.74) is 2.07. The maximum absolute atomic E-state index is 12.2. The molecule has 5 heteroatoms. The van der Waals surface area contributed by atoms with Gasteiger partial charge in [-0.05, 0) is 35.6 Å². The maximum Gasteiger partial charge on any atom is 0.331 e. The van der Waals surface area contributed by atoms with Gasteiger partial charge in [-0.2, -0.15) is 0 Å². The molecule has 1 aliphatic rings. The van der Waals surface area contributed by atoms with Crippen molar-refractivity contribution in [3.8, 4) is 0 Å². The highest BCUT2D eigenvalue weighted by molar-refractivity contribution is 7.10. The number of rotatable bonds is 4. The molecule has 112 valence electrons. The molecular weight excluding hydrogens is 298 g/mol. The Hall–Kier alpha value is -2.40. The van der Waals surface area contributed by atoms with Crippen LogP contribution in [0.4, 0.5) is 5.69 Å². The molecule has 0 fully saturated rings. The van der Waals surface area contributed by atoms with E-state index in [1.165, 1.54) is 17.4 Å². The number of benzene rings is 1. The van der Waals surface area contributed by atoms with Gasteiger partial charge in [0.25, 0.3) is 5.91 Å². The second-order valence-electron chi connectivity index (χ2n) is 4.88. The van der Waals surface area contributed by atoms with Crippen molar-refractivity contribution in [3.63, 3.8) is 0 Å². The number of esters is 1. The van der Waals surface area contributed by atoms with Gasteiger partial charge in [0.05, 0.1) is 0 Å². The maximum atomic E-state index is 12.2. The Balaban J connectivity index is 1.54. The smallest absolute Gasteiger partial charge is 0.331 e. The van der Waals surface area contributed by atoms with Crippen molar-refractivity contribution in [2.75, 3.05) is 18.1 Å². The normalized spacial score (nSPS) is 13.4. The Labute approximate surface area is 132 Å². The van der Waals surface area contributed by atoms with E-state index in [1.807, 2.05) is 41.8 Å². The number of carbonyl (C=O) groups is 2. The second kappa shape index (κ2) is 6.58. The van der Waals surface area contributed by atoms with Crippen LogP contribution in [0.3, 0.4) is 0 Å². The summed E-state index contributed by atoms with van der Waals surface area (Å²) < 4.78 is 5.02. The monoisotopic (exact) mass is 313 g/mol. The fourth-order valence-corrected chi connectivity index (χ4v) is 3.01. The van der Waals surface area contributed by atoms with E-state index >= 15 is 0 Å². The van der Waals surface area contributed by atoms with E-state index in [0.29, 0.717) is 6.54 Å². The van der Waals surface area contributed by atoms with Crippen LogP contribution < -0.4 is 4.90 Å². The standard InChI is InChI=1S/C17H15NO3S/c19-16(18-10-9-13-4-1-2-6-15(13)18)12-21-17(20)8-7-14-5-3-11-22-14/h1-8,11H,9-10,12H2/b8-7+. The lowest BCUT2D eigenvalue weighted by molar-refractivity contribution is -0.142. The molecule has 1 aliphatic heterocycles. The Morgan fingerprint density at radius 1 is 1.23 bits per heavy atom. The molecular formula is C17H15NO3S. The van der Waals surface area contributed by atoms with E-state index < -0.39 is 5.97 Å². The number of thiophene rings is 1. The molecule has 1 aromatic carbocycles. The number of hydrogen-bond donors (Lipinski definition) is 0. The first-order valence-electron chi connectivity index (χ1n) is 7.00. The number of hydrogen-bond acceptors (Lipinski definition) is 4. The van der Waals surface area contributed by atoms with Crippen LogP contribution in [-0.4, -0.2) is 25.0 Å². The molecule has 0 bridgehead atoms. The summed E-state index contributed by atoms with van der Waals surface area (Å²) in [4.78, 5) is 26.4. The summed E-state index contributed by atoms with van der Waals surface area (Å²) >= 11 is 1.53. The lowest BCUT2D eigenvalue weighted by atomic mass is 10.2. The van der Waals surface area contributed by atoms with Gasteiger partial charge < -0.3 is 9.64 Å². The van der Waals surface area contributed by atoms with Crippen LogP contribution in [0.15, 0.2) is 47.9 Å². The molecule has 0 saturated heterocycles. The number of ether oxygens (including phenoxy) is 1. The van der Waals surface area contributed by atoms with Crippen LogP contribution in [0, 0.1) is 0 Å². The molecule has 0 radical (unpaired) electrons. The molecule has 2 aromatic rings. The SMILES string of the molecule is O=C(/C=C/c1cccs1)OCC(=O)N1CCc2ccccc21. The van der Waals surface area contributed by atoms with Gasteiger partial charge in [-0.15, -0.1) is 11.3 Å². The van der Waals surface area contributed by atoms with Gasteiger partial charge in [0.15, 0.2) is 6.61 Å². The van der Waals surface area contributed by atoms with Crippen molar-refractivity contribution < 1.29 is 14.3 Å². The zero-order valence-corrected chi connectivity index (χ0v) is 12.7. The Morgan fingerprint density at radius 2 is 2.09 bits per heavy atom. The van der Waals surface area contributed by atoms with E-state index in [9.17, 15) is 9.59 Å². The molecule has 22 heavy (non-hydrogen) atoms. The van der Waals surface area contributed by atoms with Gasteiger partial charge in [0.1, 0.15) is 0 Å². The Morgan fingerprint density at radius 3 is 2.91 bits per heavy atom. The number of amides is 1. The van der Waals surface area contributed by atoms with Gasteiger partial charge >= 0.3 is 5.97 Å². The summed E-state index contributed by atoms with van der Waals surface area (Å²) in [6.07, 6.45) is 3.87. The molecule has 1 amide bonds. The lowest BCUT2D eigenvalue weighted by Gasteiger charge is -2.16. The first-order valence-corrected chi connectivity index (χ1v) is 7.88. The highest BCUT2D eigenvalue weighted by atomic mass is 32.1. The van der Waals surface area contributed by atoms with Crippen molar-refractivity contribution in [3.05, 3.63) is 58.3 Å². The first-order chi connectivity index (χ1) is 10.7. The zero-order chi connectivity index (χ0) is 15.4. The summed E-state index contributed by atoms with van der Waals surface area (Å²) in [5.74, 6) is -0.697. The van der Waals surface area contributed by atoms with Crippen molar-refractivity contribution in [2.24, 2.45) is 0 Å². The van der Waals surface area contributed by atoms with Crippen LogP contribution in [0.5, 0.6) is 0 Å². The summed E-state index contributed by atoms with van der Waals surface area (Å²) in [6.45, 7) is 0.405. The fraction of sp³-hybridized carbons (Fsp3) is 0.176. The summed E-state index contributed by atoms with van der Waals surface area (Å²) in [6, 6.07) is 11.6. The van der Waals surface area contributed by atoms with E-state index in [4.69, 9.17) is 4.74 Å². The molecule has 0 spiro atoms. The molecule has 0 unspecified atom stereocenters. The molecule has 0 saturated carbocycles. The number of anilines is 1. The van der Waals surface area contributed by atoms with E-state index in [2.05, 4.69) is 0 Å². The van der Waals surface area contributed by atoms with E-state index in [1.54, 1.807) is 11.0 Å². The minimum Gasteiger partial charge on any atom is -0.452 e. The fourth-order valence-electron chi connectivity index (χ4n) is 2.39. The zero-order valence-electron chi connectivity index (χ0n) is 11.9. The first kappa shape index (κ1) is 14.5. The molecule has 4 nitrogen and oxygen atoms in total. The predicted octanol–water partition coefficient (Wildman–Crippen LogP) is 2.89. The Bertz CT molecular complexity index is 706. The summed E-state index contributed by atoms with van der Waals surface area (Å²) in [7, 11) is 0. The quantitative estimate of drug-likeness (QED) is 0.644. The van der Waals surface area contributed by atoms with Crippen molar-refractivity contribution in [2.45, 2.75) is 6.42 Å². The molecule has 2 heterocycles.